The van der Waals surface area contributed by atoms with Crippen LogP contribution in [0.5, 0.6) is 5.75 Å². The Bertz CT molecular complexity index is 424. The van der Waals surface area contributed by atoms with E-state index in [2.05, 4.69) is 4.99 Å². The average molecular weight is 188 g/mol. The van der Waals surface area contributed by atoms with Gasteiger partial charge in [0.2, 0.25) is 0 Å². The van der Waals surface area contributed by atoms with Crippen LogP contribution in [0, 0.1) is 18.3 Å². The lowest BCUT2D eigenvalue weighted by Gasteiger charge is -2.04. The average Bonchev–Trinajstić information content (AvgIpc) is 2.13. The van der Waals surface area contributed by atoms with Crippen molar-refractivity contribution in [2.45, 2.75) is 20.8 Å². The largest absolute Gasteiger partial charge is 0.505 e. The van der Waals surface area contributed by atoms with Crippen LogP contribution in [0.15, 0.2) is 17.1 Å². The standard InChI is InChI=1S/C11H12N2O/c1-7(2)13-10-9(6-12)5-4-8(3)11(10)14/h4-5,14H,1-3H3. The Hall–Kier alpha value is -1.82. The van der Waals surface area contributed by atoms with Crippen molar-refractivity contribution < 1.29 is 5.11 Å². The number of phenols is 1. The summed E-state index contributed by atoms with van der Waals surface area (Å²) >= 11 is 0. The molecule has 0 spiro atoms. The first kappa shape index (κ1) is 10.3. The molecule has 0 aliphatic carbocycles. The van der Waals surface area contributed by atoms with Crippen LogP contribution in [0.2, 0.25) is 0 Å². The Balaban J connectivity index is 3.45. The van der Waals surface area contributed by atoms with Crippen LogP contribution in [0.4, 0.5) is 5.69 Å². The van der Waals surface area contributed by atoms with E-state index in [1.165, 1.54) is 0 Å². The van der Waals surface area contributed by atoms with Crippen molar-refractivity contribution in [2.24, 2.45) is 4.99 Å². The van der Waals surface area contributed by atoms with E-state index >= 15 is 0 Å². The third-order valence-corrected chi connectivity index (χ3v) is 1.81. The smallest absolute Gasteiger partial charge is 0.145 e. The minimum absolute atomic E-state index is 0.0882. The fourth-order valence-electron chi connectivity index (χ4n) is 1.11. The van der Waals surface area contributed by atoms with E-state index < -0.39 is 0 Å². The molecule has 1 aromatic rings. The lowest BCUT2D eigenvalue weighted by molar-refractivity contribution is 0.472. The van der Waals surface area contributed by atoms with Gasteiger partial charge < -0.3 is 5.11 Å². The third kappa shape index (κ3) is 1.91. The van der Waals surface area contributed by atoms with Crippen LogP contribution in [0.1, 0.15) is 25.0 Å². The highest BCUT2D eigenvalue weighted by Gasteiger charge is 2.08. The van der Waals surface area contributed by atoms with Crippen molar-refractivity contribution in [1.29, 1.82) is 5.26 Å². The summed E-state index contributed by atoms with van der Waals surface area (Å²) in [5.41, 5.74) is 2.30. The van der Waals surface area contributed by atoms with Crippen LogP contribution in [0.25, 0.3) is 0 Å². The zero-order valence-corrected chi connectivity index (χ0v) is 8.50. The van der Waals surface area contributed by atoms with E-state index in [4.69, 9.17) is 5.26 Å². The molecule has 3 heteroatoms. The van der Waals surface area contributed by atoms with Crippen molar-refractivity contribution >= 4 is 11.4 Å². The number of hydrogen-bond donors (Lipinski definition) is 1. The van der Waals surface area contributed by atoms with Gasteiger partial charge in [-0.2, -0.15) is 5.26 Å². The molecule has 0 aliphatic rings. The van der Waals surface area contributed by atoms with Gasteiger partial charge in [0, 0.05) is 5.71 Å². The molecule has 0 aromatic heterocycles. The molecular weight excluding hydrogens is 176 g/mol. The van der Waals surface area contributed by atoms with E-state index in [1.807, 2.05) is 19.9 Å². The summed E-state index contributed by atoms with van der Waals surface area (Å²) in [5, 5.41) is 18.5. The third-order valence-electron chi connectivity index (χ3n) is 1.81. The van der Waals surface area contributed by atoms with Gasteiger partial charge in [0.15, 0.2) is 0 Å². The summed E-state index contributed by atoms with van der Waals surface area (Å²) in [4.78, 5) is 4.13. The monoisotopic (exact) mass is 188 g/mol. The number of aliphatic imine (C=N–C) groups is 1. The Morgan fingerprint density at radius 3 is 2.57 bits per heavy atom. The van der Waals surface area contributed by atoms with Crippen LogP contribution in [-0.2, 0) is 0 Å². The number of rotatable bonds is 1. The van der Waals surface area contributed by atoms with Gasteiger partial charge in [0.1, 0.15) is 17.5 Å². The summed E-state index contributed by atoms with van der Waals surface area (Å²) in [6.45, 7) is 5.42. The minimum Gasteiger partial charge on any atom is -0.505 e. The lowest BCUT2D eigenvalue weighted by atomic mass is 10.1. The maximum atomic E-state index is 9.70. The summed E-state index contributed by atoms with van der Waals surface area (Å²) < 4.78 is 0. The first-order chi connectivity index (χ1) is 6.56. The number of phenolic OH excluding ortho intramolecular Hbond substituents is 1. The highest BCUT2D eigenvalue weighted by molar-refractivity contribution is 5.84. The molecule has 0 atom stereocenters. The Kier molecular flexibility index (Phi) is 2.88. The van der Waals surface area contributed by atoms with Gasteiger partial charge in [-0.05, 0) is 32.4 Å². The molecule has 0 aliphatic heterocycles. The van der Waals surface area contributed by atoms with Crippen molar-refractivity contribution in [3.05, 3.63) is 23.3 Å². The summed E-state index contributed by atoms with van der Waals surface area (Å²) in [6.07, 6.45) is 0. The van der Waals surface area contributed by atoms with Gasteiger partial charge in [-0.1, -0.05) is 6.07 Å². The zero-order chi connectivity index (χ0) is 10.7. The summed E-state index contributed by atoms with van der Waals surface area (Å²) in [7, 11) is 0. The molecule has 0 amide bonds. The van der Waals surface area contributed by atoms with Crippen LogP contribution in [0.3, 0.4) is 0 Å². The molecule has 0 radical (unpaired) electrons. The number of aryl methyl sites for hydroxylation is 1. The predicted octanol–water partition coefficient (Wildman–Crippen LogP) is 2.68. The fourth-order valence-corrected chi connectivity index (χ4v) is 1.11. The second-order valence-electron chi connectivity index (χ2n) is 3.30. The first-order valence-electron chi connectivity index (χ1n) is 4.31. The maximum Gasteiger partial charge on any atom is 0.145 e. The van der Waals surface area contributed by atoms with Gasteiger partial charge in [0.25, 0.3) is 0 Å². The van der Waals surface area contributed by atoms with Crippen LogP contribution < -0.4 is 0 Å². The number of nitrogens with zero attached hydrogens (tertiary/aromatic N) is 2. The number of benzene rings is 1. The molecule has 0 unspecified atom stereocenters. The van der Waals surface area contributed by atoms with Gasteiger partial charge in [-0.25, -0.2) is 0 Å². The van der Waals surface area contributed by atoms with E-state index in [9.17, 15) is 5.11 Å². The molecule has 14 heavy (non-hydrogen) atoms. The molecule has 0 heterocycles. The predicted molar refractivity (Wildman–Crippen MR) is 56.0 cm³/mol. The first-order valence-corrected chi connectivity index (χ1v) is 4.31. The van der Waals surface area contributed by atoms with Crippen LogP contribution >= 0.6 is 0 Å². The molecule has 0 saturated carbocycles. The molecule has 1 N–H and O–H groups in total. The molecule has 72 valence electrons. The Labute approximate surface area is 83.3 Å². The highest BCUT2D eigenvalue weighted by atomic mass is 16.3. The molecular formula is C11H12N2O. The van der Waals surface area contributed by atoms with E-state index in [-0.39, 0.29) is 5.75 Å². The van der Waals surface area contributed by atoms with E-state index in [0.717, 1.165) is 11.3 Å². The molecule has 3 nitrogen and oxygen atoms in total. The SMILES string of the molecule is CC(C)=Nc1c(C#N)ccc(C)c1O. The minimum atomic E-state index is 0.0882. The van der Waals surface area contributed by atoms with Crippen molar-refractivity contribution in [1.82, 2.24) is 0 Å². The Morgan fingerprint density at radius 1 is 1.43 bits per heavy atom. The van der Waals surface area contributed by atoms with Crippen molar-refractivity contribution in [3.8, 4) is 11.8 Å². The van der Waals surface area contributed by atoms with E-state index in [0.29, 0.717) is 11.3 Å². The maximum absolute atomic E-state index is 9.70. The molecule has 1 rings (SSSR count). The van der Waals surface area contributed by atoms with Gasteiger partial charge in [0.05, 0.1) is 5.56 Å². The normalized spacial score (nSPS) is 9.29. The van der Waals surface area contributed by atoms with E-state index in [1.54, 1.807) is 19.1 Å². The number of hydrogen-bond acceptors (Lipinski definition) is 3. The molecule has 0 saturated heterocycles. The second-order valence-corrected chi connectivity index (χ2v) is 3.30. The molecule has 1 aromatic carbocycles. The quantitative estimate of drug-likeness (QED) is 0.689. The van der Waals surface area contributed by atoms with Gasteiger partial charge >= 0.3 is 0 Å². The summed E-state index contributed by atoms with van der Waals surface area (Å²) in [5.74, 6) is 0.0882. The fraction of sp³-hybridized carbons (Fsp3) is 0.273. The lowest BCUT2D eigenvalue weighted by Crippen LogP contribution is -1.85. The Morgan fingerprint density at radius 2 is 2.07 bits per heavy atom. The summed E-state index contributed by atoms with van der Waals surface area (Å²) in [6, 6.07) is 5.37. The molecule has 0 bridgehead atoms. The molecule has 0 fully saturated rings. The van der Waals surface area contributed by atoms with Gasteiger partial charge in [-0.3, -0.25) is 4.99 Å². The zero-order valence-electron chi connectivity index (χ0n) is 8.50. The van der Waals surface area contributed by atoms with Crippen molar-refractivity contribution in [2.75, 3.05) is 0 Å². The number of aromatic hydroxyl groups is 1. The van der Waals surface area contributed by atoms with Crippen molar-refractivity contribution in [3.63, 3.8) is 0 Å². The number of nitriles is 1. The topological polar surface area (TPSA) is 56.4 Å². The van der Waals surface area contributed by atoms with Crippen LogP contribution in [-0.4, -0.2) is 10.8 Å². The second kappa shape index (κ2) is 3.93. The van der Waals surface area contributed by atoms with Gasteiger partial charge in [-0.15, -0.1) is 0 Å². The highest BCUT2D eigenvalue weighted by Crippen LogP contribution is 2.33.